The molecule has 1 saturated heterocycles. The van der Waals surface area contributed by atoms with Gasteiger partial charge in [0.2, 0.25) is 0 Å². The number of rotatable bonds is 7. The van der Waals surface area contributed by atoms with Gasteiger partial charge in [-0.1, -0.05) is 30.3 Å². The summed E-state index contributed by atoms with van der Waals surface area (Å²) in [5.41, 5.74) is 2.02. The molecule has 0 radical (unpaired) electrons. The van der Waals surface area contributed by atoms with Crippen LogP contribution in [0.2, 0.25) is 0 Å². The first-order valence-electron chi connectivity index (χ1n) is 9.52. The predicted molar refractivity (Wildman–Crippen MR) is 109 cm³/mol. The van der Waals surface area contributed by atoms with Crippen molar-refractivity contribution in [3.8, 4) is 0 Å². The van der Waals surface area contributed by atoms with E-state index in [0.717, 1.165) is 51.6 Å². The van der Waals surface area contributed by atoms with E-state index in [1.165, 1.54) is 5.56 Å². The van der Waals surface area contributed by atoms with Crippen LogP contribution in [0.3, 0.4) is 0 Å². The molecule has 1 fully saturated rings. The highest BCUT2D eigenvalue weighted by atomic mass is 16.2. The van der Waals surface area contributed by atoms with Gasteiger partial charge in [0, 0.05) is 57.6 Å². The fraction of sp³-hybridized carbons (Fsp3) is 0.429. The smallest absolute Gasteiger partial charge is 0.254 e. The summed E-state index contributed by atoms with van der Waals surface area (Å²) in [4.78, 5) is 23.6. The predicted octanol–water partition coefficient (Wildman–Crippen LogP) is 2.01. The SMILES string of the molecule is CN(C)CCNc1cc(C(=O)N2CCN(Cc3ccccc3)CC2)ccn1. The van der Waals surface area contributed by atoms with Gasteiger partial charge in [-0.2, -0.15) is 0 Å². The maximum atomic E-state index is 12.8. The Balaban J connectivity index is 1.51. The molecule has 0 unspecified atom stereocenters. The van der Waals surface area contributed by atoms with E-state index in [2.05, 4.69) is 44.4 Å². The van der Waals surface area contributed by atoms with E-state index in [1.54, 1.807) is 12.3 Å². The third-order valence-corrected chi connectivity index (χ3v) is 4.78. The van der Waals surface area contributed by atoms with Crippen LogP contribution in [-0.2, 0) is 6.54 Å². The molecule has 0 bridgehead atoms. The molecule has 3 rings (SSSR count). The standard InChI is InChI=1S/C21H29N5O/c1-24(2)11-10-23-20-16-19(8-9-22-20)21(27)26-14-12-25(13-15-26)17-18-6-4-3-5-7-18/h3-9,16H,10-15,17H2,1-2H3,(H,22,23). The van der Waals surface area contributed by atoms with Crippen molar-refractivity contribution in [1.82, 2.24) is 19.7 Å². The Bertz CT molecular complexity index is 726. The fourth-order valence-electron chi connectivity index (χ4n) is 3.20. The molecule has 144 valence electrons. The number of hydrogen-bond acceptors (Lipinski definition) is 5. The van der Waals surface area contributed by atoms with Gasteiger partial charge in [-0.3, -0.25) is 9.69 Å². The maximum Gasteiger partial charge on any atom is 0.254 e. The normalized spacial score (nSPS) is 15.1. The number of benzene rings is 1. The zero-order chi connectivity index (χ0) is 19.1. The third-order valence-electron chi connectivity index (χ3n) is 4.78. The van der Waals surface area contributed by atoms with Gasteiger partial charge in [0.25, 0.3) is 5.91 Å². The summed E-state index contributed by atoms with van der Waals surface area (Å²) in [5.74, 6) is 0.845. The molecule has 0 spiro atoms. The Kier molecular flexibility index (Phi) is 6.79. The molecular weight excluding hydrogens is 338 g/mol. The van der Waals surface area contributed by atoms with Crippen molar-refractivity contribution in [2.24, 2.45) is 0 Å². The lowest BCUT2D eigenvalue weighted by molar-refractivity contribution is 0.0628. The van der Waals surface area contributed by atoms with Crippen LogP contribution in [-0.4, -0.2) is 79.0 Å². The Labute approximate surface area is 161 Å². The average molecular weight is 367 g/mol. The number of amides is 1. The van der Waals surface area contributed by atoms with Crippen LogP contribution in [0, 0.1) is 0 Å². The van der Waals surface area contributed by atoms with Crippen molar-refractivity contribution in [2.45, 2.75) is 6.54 Å². The molecule has 1 aliphatic rings. The zero-order valence-corrected chi connectivity index (χ0v) is 16.3. The first-order chi connectivity index (χ1) is 13.1. The van der Waals surface area contributed by atoms with E-state index in [4.69, 9.17) is 0 Å². The number of nitrogens with zero attached hydrogens (tertiary/aromatic N) is 4. The van der Waals surface area contributed by atoms with Gasteiger partial charge in [0.15, 0.2) is 0 Å². The highest BCUT2D eigenvalue weighted by Crippen LogP contribution is 2.13. The number of aromatic nitrogens is 1. The van der Waals surface area contributed by atoms with Crippen LogP contribution in [0.4, 0.5) is 5.82 Å². The molecule has 0 atom stereocenters. The van der Waals surface area contributed by atoms with Gasteiger partial charge in [0.1, 0.15) is 5.82 Å². The van der Waals surface area contributed by atoms with Crippen molar-refractivity contribution in [1.29, 1.82) is 0 Å². The van der Waals surface area contributed by atoms with Crippen molar-refractivity contribution in [2.75, 3.05) is 58.7 Å². The Morgan fingerprint density at radius 3 is 2.56 bits per heavy atom. The molecular formula is C21H29N5O. The van der Waals surface area contributed by atoms with Crippen molar-refractivity contribution in [3.63, 3.8) is 0 Å². The monoisotopic (exact) mass is 367 g/mol. The molecule has 1 aromatic carbocycles. The number of hydrogen-bond donors (Lipinski definition) is 1. The number of likely N-dealkylation sites (N-methyl/N-ethyl adjacent to an activating group) is 1. The van der Waals surface area contributed by atoms with E-state index in [0.29, 0.717) is 5.56 Å². The Hall–Kier alpha value is -2.44. The summed E-state index contributed by atoms with van der Waals surface area (Å²) >= 11 is 0. The molecule has 0 aliphatic carbocycles. The van der Waals surface area contributed by atoms with E-state index in [-0.39, 0.29) is 5.91 Å². The molecule has 1 aromatic heterocycles. The highest BCUT2D eigenvalue weighted by molar-refractivity contribution is 5.94. The third kappa shape index (κ3) is 5.77. The molecule has 1 N–H and O–H groups in total. The molecule has 1 aliphatic heterocycles. The van der Waals surface area contributed by atoms with Crippen LogP contribution in [0.1, 0.15) is 15.9 Å². The molecule has 1 amide bonds. The second kappa shape index (κ2) is 9.48. The second-order valence-electron chi connectivity index (χ2n) is 7.21. The molecule has 27 heavy (non-hydrogen) atoms. The maximum absolute atomic E-state index is 12.8. The number of pyridine rings is 1. The van der Waals surface area contributed by atoms with Crippen LogP contribution in [0.15, 0.2) is 48.7 Å². The number of carbonyl (C=O) groups is 1. The Morgan fingerprint density at radius 2 is 1.85 bits per heavy atom. The van der Waals surface area contributed by atoms with Crippen LogP contribution in [0.25, 0.3) is 0 Å². The minimum Gasteiger partial charge on any atom is -0.369 e. The number of nitrogens with one attached hydrogen (secondary N) is 1. The van der Waals surface area contributed by atoms with E-state index >= 15 is 0 Å². The van der Waals surface area contributed by atoms with Crippen LogP contribution >= 0.6 is 0 Å². The topological polar surface area (TPSA) is 51.7 Å². The minimum absolute atomic E-state index is 0.0902. The summed E-state index contributed by atoms with van der Waals surface area (Å²) in [7, 11) is 4.07. The summed E-state index contributed by atoms with van der Waals surface area (Å²) in [5, 5.41) is 3.28. The average Bonchev–Trinajstić information content (AvgIpc) is 2.69. The molecule has 2 aromatic rings. The minimum atomic E-state index is 0.0902. The first-order valence-corrected chi connectivity index (χ1v) is 9.52. The first kappa shape index (κ1) is 19.3. The van der Waals surface area contributed by atoms with Crippen molar-refractivity contribution in [3.05, 3.63) is 59.8 Å². The lowest BCUT2D eigenvalue weighted by atomic mass is 10.1. The van der Waals surface area contributed by atoms with E-state index < -0.39 is 0 Å². The fourth-order valence-corrected chi connectivity index (χ4v) is 3.20. The molecule has 6 heteroatoms. The number of piperazine rings is 1. The van der Waals surface area contributed by atoms with Gasteiger partial charge >= 0.3 is 0 Å². The largest absolute Gasteiger partial charge is 0.369 e. The quantitative estimate of drug-likeness (QED) is 0.811. The van der Waals surface area contributed by atoms with Gasteiger partial charge in [-0.05, 0) is 31.8 Å². The second-order valence-corrected chi connectivity index (χ2v) is 7.21. The van der Waals surface area contributed by atoms with Gasteiger partial charge in [-0.15, -0.1) is 0 Å². The van der Waals surface area contributed by atoms with E-state index in [9.17, 15) is 4.79 Å². The number of anilines is 1. The van der Waals surface area contributed by atoms with Crippen LogP contribution < -0.4 is 5.32 Å². The highest BCUT2D eigenvalue weighted by Gasteiger charge is 2.22. The molecule has 0 saturated carbocycles. The summed E-state index contributed by atoms with van der Waals surface area (Å²) in [6.07, 6.45) is 1.71. The molecule has 6 nitrogen and oxygen atoms in total. The van der Waals surface area contributed by atoms with Gasteiger partial charge in [0.05, 0.1) is 0 Å². The lowest BCUT2D eigenvalue weighted by Gasteiger charge is -2.34. The van der Waals surface area contributed by atoms with Gasteiger partial charge < -0.3 is 15.1 Å². The summed E-state index contributed by atoms with van der Waals surface area (Å²) < 4.78 is 0. The molecule has 2 heterocycles. The Morgan fingerprint density at radius 1 is 1.11 bits per heavy atom. The van der Waals surface area contributed by atoms with Crippen LogP contribution in [0.5, 0.6) is 0 Å². The summed E-state index contributed by atoms with van der Waals surface area (Å²) in [6.45, 7) is 5.99. The van der Waals surface area contributed by atoms with Crippen molar-refractivity contribution >= 4 is 11.7 Å². The van der Waals surface area contributed by atoms with Crippen molar-refractivity contribution < 1.29 is 4.79 Å². The van der Waals surface area contributed by atoms with E-state index in [1.807, 2.05) is 31.1 Å². The number of carbonyl (C=O) groups excluding carboxylic acids is 1. The lowest BCUT2D eigenvalue weighted by Crippen LogP contribution is -2.48. The van der Waals surface area contributed by atoms with Gasteiger partial charge in [-0.25, -0.2) is 4.98 Å². The zero-order valence-electron chi connectivity index (χ0n) is 16.3. The summed E-state index contributed by atoms with van der Waals surface area (Å²) in [6, 6.07) is 14.1.